The standard InChI is InChI=1S/C12H12N2O2/c15-11-4-2-1-3-9(11)7-13-8-10-5-6-12(16)14-10/h1-7,14-16H,8H2. The lowest BCUT2D eigenvalue weighted by atomic mass is 10.2. The molecule has 0 fully saturated rings. The highest BCUT2D eigenvalue weighted by Gasteiger charge is 1.96. The van der Waals surface area contributed by atoms with Gasteiger partial charge in [-0.15, -0.1) is 0 Å². The molecule has 16 heavy (non-hydrogen) atoms. The third kappa shape index (κ3) is 2.42. The van der Waals surface area contributed by atoms with E-state index in [2.05, 4.69) is 9.98 Å². The van der Waals surface area contributed by atoms with Gasteiger partial charge in [-0.3, -0.25) is 4.99 Å². The summed E-state index contributed by atoms with van der Waals surface area (Å²) in [5.41, 5.74) is 1.50. The lowest BCUT2D eigenvalue weighted by molar-refractivity contribution is 0.455. The maximum Gasteiger partial charge on any atom is 0.188 e. The van der Waals surface area contributed by atoms with Crippen LogP contribution in [-0.4, -0.2) is 21.4 Å². The summed E-state index contributed by atoms with van der Waals surface area (Å²) in [4.78, 5) is 6.91. The summed E-state index contributed by atoms with van der Waals surface area (Å²) in [5, 5.41) is 18.5. The van der Waals surface area contributed by atoms with Gasteiger partial charge in [0, 0.05) is 17.5 Å². The Bertz CT molecular complexity index is 503. The number of para-hydroxylation sites is 1. The minimum absolute atomic E-state index is 0.132. The molecule has 3 N–H and O–H groups in total. The average Bonchev–Trinajstić information content (AvgIpc) is 2.67. The summed E-state index contributed by atoms with van der Waals surface area (Å²) < 4.78 is 0. The molecule has 1 aromatic heterocycles. The van der Waals surface area contributed by atoms with Crippen molar-refractivity contribution in [3.05, 3.63) is 47.7 Å². The molecule has 4 heteroatoms. The number of hydrogen-bond acceptors (Lipinski definition) is 3. The van der Waals surface area contributed by atoms with Crippen molar-refractivity contribution in [3.63, 3.8) is 0 Å². The van der Waals surface area contributed by atoms with Crippen LogP contribution in [0.3, 0.4) is 0 Å². The Morgan fingerprint density at radius 3 is 2.62 bits per heavy atom. The predicted molar refractivity (Wildman–Crippen MR) is 61.9 cm³/mol. The second-order valence-corrected chi connectivity index (χ2v) is 3.40. The summed E-state index contributed by atoms with van der Waals surface area (Å²) in [5.74, 6) is 0.341. The van der Waals surface area contributed by atoms with E-state index in [0.29, 0.717) is 12.1 Å². The second-order valence-electron chi connectivity index (χ2n) is 3.40. The number of hydrogen-bond donors (Lipinski definition) is 3. The van der Waals surface area contributed by atoms with Gasteiger partial charge < -0.3 is 15.2 Å². The highest BCUT2D eigenvalue weighted by Crippen LogP contribution is 2.13. The first-order valence-corrected chi connectivity index (χ1v) is 4.90. The molecule has 0 atom stereocenters. The summed E-state index contributed by atoms with van der Waals surface area (Å²) in [6.07, 6.45) is 1.60. The summed E-state index contributed by atoms with van der Waals surface area (Å²) in [7, 11) is 0. The number of aliphatic imine (C=N–C) groups is 1. The summed E-state index contributed by atoms with van der Waals surface area (Å²) in [6, 6.07) is 10.3. The maximum atomic E-state index is 9.47. The summed E-state index contributed by atoms with van der Waals surface area (Å²) in [6.45, 7) is 0.439. The van der Waals surface area contributed by atoms with Crippen LogP contribution in [0.1, 0.15) is 11.3 Å². The molecular formula is C12H12N2O2. The zero-order valence-corrected chi connectivity index (χ0v) is 8.59. The Morgan fingerprint density at radius 1 is 1.12 bits per heavy atom. The highest BCUT2D eigenvalue weighted by molar-refractivity contribution is 5.83. The molecule has 0 saturated carbocycles. The largest absolute Gasteiger partial charge is 0.507 e. The van der Waals surface area contributed by atoms with Crippen LogP contribution in [0.15, 0.2) is 41.4 Å². The van der Waals surface area contributed by atoms with Crippen LogP contribution in [0.5, 0.6) is 11.6 Å². The van der Waals surface area contributed by atoms with E-state index in [9.17, 15) is 5.11 Å². The smallest absolute Gasteiger partial charge is 0.188 e. The molecule has 0 aliphatic heterocycles. The molecule has 0 aliphatic carbocycles. The van der Waals surface area contributed by atoms with Gasteiger partial charge >= 0.3 is 0 Å². The molecule has 0 radical (unpaired) electrons. The molecule has 2 aromatic rings. The van der Waals surface area contributed by atoms with E-state index in [0.717, 1.165) is 5.69 Å². The monoisotopic (exact) mass is 216 g/mol. The Morgan fingerprint density at radius 2 is 1.94 bits per heavy atom. The first kappa shape index (κ1) is 10.3. The molecule has 0 unspecified atom stereocenters. The molecule has 2 rings (SSSR count). The molecule has 0 bridgehead atoms. The van der Waals surface area contributed by atoms with E-state index in [1.807, 2.05) is 6.07 Å². The average molecular weight is 216 g/mol. The van der Waals surface area contributed by atoms with Crippen LogP contribution in [0.4, 0.5) is 0 Å². The van der Waals surface area contributed by atoms with Crippen LogP contribution in [-0.2, 0) is 6.54 Å². The molecule has 1 heterocycles. The van der Waals surface area contributed by atoms with Gasteiger partial charge in [0.1, 0.15) is 5.75 Å². The first-order chi connectivity index (χ1) is 7.75. The fourth-order valence-corrected chi connectivity index (χ4v) is 1.36. The van der Waals surface area contributed by atoms with Crippen molar-refractivity contribution in [1.29, 1.82) is 0 Å². The maximum absolute atomic E-state index is 9.47. The van der Waals surface area contributed by atoms with Crippen molar-refractivity contribution in [3.8, 4) is 11.6 Å². The number of aromatic amines is 1. The highest BCUT2D eigenvalue weighted by atomic mass is 16.3. The zero-order valence-electron chi connectivity index (χ0n) is 8.59. The first-order valence-electron chi connectivity index (χ1n) is 4.90. The van der Waals surface area contributed by atoms with Gasteiger partial charge in [0.05, 0.1) is 6.54 Å². The van der Waals surface area contributed by atoms with Gasteiger partial charge in [0.15, 0.2) is 5.88 Å². The van der Waals surface area contributed by atoms with Crippen LogP contribution < -0.4 is 0 Å². The van der Waals surface area contributed by atoms with Crippen molar-refractivity contribution < 1.29 is 10.2 Å². The van der Waals surface area contributed by atoms with Crippen molar-refractivity contribution in [2.45, 2.75) is 6.54 Å². The Kier molecular flexibility index (Phi) is 2.91. The van der Waals surface area contributed by atoms with E-state index in [4.69, 9.17) is 5.11 Å². The van der Waals surface area contributed by atoms with Gasteiger partial charge in [-0.25, -0.2) is 0 Å². The summed E-state index contributed by atoms with van der Waals surface area (Å²) >= 11 is 0. The predicted octanol–water partition coefficient (Wildman–Crippen LogP) is 2.04. The molecule has 0 spiro atoms. The lowest BCUT2D eigenvalue weighted by Crippen LogP contribution is -1.85. The second kappa shape index (κ2) is 4.53. The number of aromatic hydroxyl groups is 2. The van der Waals surface area contributed by atoms with Crippen molar-refractivity contribution in [2.24, 2.45) is 4.99 Å². The number of phenols is 1. The molecule has 4 nitrogen and oxygen atoms in total. The Balaban J connectivity index is 2.03. The number of rotatable bonds is 3. The number of phenolic OH excluding ortho intramolecular Hbond substituents is 1. The van der Waals surface area contributed by atoms with E-state index in [1.165, 1.54) is 0 Å². The third-order valence-electron chi connectivity index (χ3n) is 2.16. The van der Waals surface area contributed by atoms with E-state index >= 15 is 0 Å². The van der Waals surface area contributed by atoms with Crippen molar-refractivity contribution in [1.82, 2.24) is 4.98 Å². The number of nitrogens with one attached hydrogen (secondary N) is 1. The van der Waals surface area contributed by atoms with Crippen molar-refractivity contribution in [2.75, 3.05) is 0 Å². The van der Waals surface area contributed by atoms with E-state index < -0.39 is 0 Å². The SMILES string of the molecule is Oc1ccc(CN=Cc2ccccc2O)[nH]1. The van der Waals surface area contributed by atoms with Gasteiger partial charge in [0.25, 0.3) is 0 Å². The fourth-order valence-electron chi connectivity index (χ4n) is 1.36. The minimum Gasteiger partial charge on any atom is -0.507 e. The van der Waals surface area contributed by atoms with Gasteiger partial charge in [-0.1, -0.05) is 12.1 Å². The zero-order chi connectivity index (χ0) is 11.4. The molecule has 82 valence electrons. The number of aromatic nitrogens is 1. The molecule has 1 aromatic carbocycles. The molecule has 0 saturated heterocycles. The van der Waals surface area contributed by atoms with E-state index in [1.54, 1.807) is 36.5 Å². The van der Waals surface area contributed by atoms with Gasteiger partial charge in [-0.2, -0.15) is 0 Å². The van der Waals surface area contributed by atoms with E-state index in [-0.39, 0.29) is 11.6 Å². The van der Waals surface area contributed by atoms with Gasteiger partial charge in [-0.05, 0) is 24.3 Å². The van der Waals surface area contributed by atoms with Crippen LogP contribution >= 0.6 is 0 Å². The quantitative estimate of drug-likeness (QED) is 0.687. The Hall–Kier alpha value is -2.23. The molecule has 0 aliphatic rings. The number of benzene rings is 1. The number of nitrogens with zero attached hydrogens (tertiary/aromatic N) is 1. The lowest BCUT2D eigenvalue weighted by Gasteiger charge is -1.96. The fraction of sp³-hybridized carbons (Fsp3) is 0.0833. The topological polar surface area (TPSA) is 68.6 Å². The Labute approximate surface area is 92.9 Å². The third-order valence-corrected chi connectivity index (χ3v) is 2.16. The van der Waals surface area contributed by atoms with Crippen LogP contribution in [0.2, 0.25) is 0 Å². The molecular weight excluding hydrogens is 204 g/mol. The van der Waals surface area contributed by atoms with Crippen LogP contribution in [0.25, 0.3) is 0 Å². The van der Waals surface area contributed by atoms with Crippen molar-refractivity contribution >= 4 is 6.21 Å². The van der Waals surface area contributed by atoms with Crippen LogP contribution in [0, 0.1) is 0 Å². The molecule has 0 amide bonds. The van der Waals surface area contributed by atoms with Gasteiger partial charge in [0.2, 0.25) is 0 Å². The minimum atomic E-state index is 0.132. The normalized spacial score (nSPS) is 11.0. The number of H-pyrrole nitrogens is 1.